The van der Waals surface area contributed by atoms with E-state index in [2.05, 4.69) is 5.32 Å². The van der Waals surface area contributed by atoms with Gasteiger partial charge in [-0.15, -0.1) is 0 Å². The van der Waals surface area contributed by atoms with E-state index in [0.29, 0.717) is 0 Å². The summed E-state index contributed by atoms with van der Waals surface area (Å²) in [5, 5.41) is 11.5. The van der Waals surface area contributed by atoms with Crippen molar-refractivity contribution in [3.8, 4) is 0 Å². The zero-order valence-corrected chi connectivity index (χ0v) is 9.76. The third-order valence-electron chi connectivity index (χ3n) is 1.80. The minimum atomic E-state index is -0.961. The maximum atomic E-state index is 12.2. The Morgan fingerprint density at radius 1 is 1.40 bits per heavy atom. The highest BCUT2D eigenvalue weighted by atomic mass is 19.1. The normalized spacial score (nSPS) is 15.6. The van der Waals surface area contributed by atoms with E-state index < -0.39 is 23.9 Å². The van der Waals surface area contributed by atoms with Crippen molar-refractivity contribution in [2.24, 2.45) is 0 Å². The van der Waals surface area contributed by atoms with Crippen LogP contribution in [0.5, 0.6) is 0 Å². The molecule has 0 aliphatic rings. The molecule has 0 aliphatic heterocycles. The van der Waals surface area contributed by atoms with Gasteiger partial charge < -0.3 is 15.2 Å². The van der Waals surface area contributed by atoms with E-state index in [1.807, 2.05) is 0 Å². The molecule has 2 N–H and O–H groups in total. The average molecular weight is 221 g/mol. The van der Waals surface area contributed by atoms with Crippen molar-refractivity contribution in [1.82, 2.24) is 5.32 Å². The Labute approximate surface area is 89.8 Å². The number of carbonyl (C=O) groups excluding carboxylic acids is 1. The fraction of sp³-hybridized carbons (Fsp3) is 0.900. The second-order valence-electron chi connectivity index (χ2n) is 4.78. The molecule has 0 rings (SSSR count). The first-order chi connectivity index (χ1) is 6.72. The van der Waals surface area contributed by atoms with Crippen molar-refractivity contribution < 1.29 is 19.0 Å². The molecule has 0 spiro atoms. The summed E-state index contributed by atoms with van der Waals surface area (Å²) >= 11 is 0. The molecule has 5 heteroatoms. The number of ether oxygens (including phenoxy) is 1. The number of rotatable bonds is 4. The van der Waals surface area contributed by atoms with Crippen molar-refractivity contribution in [2.75, 3.05) is 13.3 Å². The highest BCUT2D eigenvalue weighted by Crippen LogP contribution is 2.12. The maximum Gasteiger partial charge on any atom is 0.408 e. The van der Waals surface area contributed by atoms with Crippen LogP contribution in [-0.2, 0) is 4.74 Å². The van der Waals surface area contributed by atoms with E-state index in [4.69, 9.17) is 9.84 Å². The predicted octanol–water partition coefficient (Wildman–Crippen LogP) is 1.62. The lowest BCUT2D eigenvalue weighted by atomic mass is 10.0. The molecule has 0 aromatic rings. The van der Waals surface area contributed by atoms with Crippen molar-refractivity contribution in [3.63, 3.8) is 0 Å². The van der Waals surface area contributed by atoms with Gasteiger partial charge in [0.15, 0.2) is 0 Å². The first-order valence-corrected chi connectivity index (χ1v) is 4.90. The second-order valence-corrected chi connectivity index (χ2v) is 4.78. The molecular weight excluding hydrogens is 201 g/mol. The van der Waals surface area contributed by atoms with Crippen molar-refractivity contribution in [3.05, 3.63) is 0 Å². The number of hydrogen-bond donors (Lipinski definition) is 2. The van der Waals surface area contributed by atoms with Crippen molar-refractivity contribution in [1.29, 1.82) is 0 Å². The lowest BCUT2D eigenvalue weighted by molar-refractivity contribution is 0.0400. The Kier molecular flexibility index (Phi) is 5.00. The molecular formula is C10H20FNO3. The predicted molar refractivity (Wildman–Crippen MR) is 55.5 cm³/mol. The lowest BCUT2D eigenvalue weighted by Crippen LogP contribution is -2.50. The molecule has 90 valence electrons. The summed E-state index contributed by atoms with van der Waals surface area (Å²) in [5.74, 6) is 0. The van der Waals surface area contributed by atoms with Gasteiger partial charge in [-0.3, -0.25) is 4.39 Å². The maximum absolute atomic E-state index is 12.2. The second kappa shape index (κ2) is 5.30. The van der Waals surface area contributed by atoms with E-state index in [9.17, 15) is 9.18 Å². The zero-order valence-electron chi connectivity index (χ0n) is 9.76. The van der Waals surface area contributed by atoms with Crippen LogP contribution in [0.4, 0.5) is 9.18 Å². The van der Waals surface area contributed by atoms with Gasteiger partial charge in [-0.05, 0) is 27.7 Å². The summed E-state index contributed by atoms with van der Waals surface area (Å²) < 4.78 is 17.2. The first kappa shape index (κ1) is 14.2. The van der Waals surface area contributed by atoms with Gasteiger partial charge in [0.1, 0.15) is 5.60 Å². The van der Waals surface area contributed by atoms with Crippen molar-refractivity contribution in [2.45, 2.75) is 45.3 Å². The number of carbonyl (C=O) groups is 1. The molecule has 1 amide bonds. The number of aliphatic hydroxyl groups excluding tert-OH is 1. The first-order valence-electron chi connectivity index (χ1n) is 4.90. The van der Waals surface area contributed by atoms with Gasteiger partial charge >= 0.3 is 6.09 Å². The van der Waals surface area contributed by atoms with Crippen LogP contribution in [0.1, 0.15) is 34.1 Å². The van der Waals surface area contributed by atoms with Crippen molar-refractivity contribution >= 4 is 6.09 Å². The SMILES string of the molecule is CC(CO)(CCF)NC(=O)OC(C)(C)C. The Morgan fingerprint density at radius 3 is 2.27 bits per heavy atom. The summed E-state index contributed by atoms with van der Waals surface area (Å²) in [6.45, 7) is 5.84. The van der Waals surface area contributed by atoms with Crippen LogP contribution in [0.2, 0.25) is 0 Å². The number of alkyl halides is 1. The minimum absolute atomic E-state index is 0.0583. The molecule has 0 saturated carbocycles. The number of hydrogen-bond acceptors (Lipinski definition) is 3. The molecule has 0 fully saturated rings. The minimum Gasteiger partial charge on any atom is -0.444 e. The van der Waals surface area contributed by atoms with Gasteiger partial charge in [0, 0.05) is 6.42 Å². The monoisotopic (exact) mass is 221 g/mol. The summed E-state index contributed by atoms with van der Waals surface area (Å²) in [7, 11) is 0. The number of amides is 1. The zero-order chi connectivity index (χ0) is 12.1. The number of alkyl carbamates (subject to hydrolysis) is 1. The molecule has 0 aliphatic carbocycles. The molecule has 0 bridgehead atoms. The molecule has 0 radical (unpaired) electrons. The van der Waals surface area contributed by atoms with Gasteiger partial charge in [-0.1, -0.05) is 0 Å². The van der Waals surface area contributed by atoms with E-state index in [-0.39, 0.29) is 13.0 Å². The molecule has 0 heterocycles. The summed E-state index contributed by atoms with van der Waals surface area (Å²) in [5.41, 5.74) is -1.56. The van der Waals surface area contributed by atoms with E-state index >= 15 is 0 Å². The Hall–Kier alpha value is -0.840. The molecule has 1 unspecified atom stereocenters. The van der Waals surface area contributed by atoms with Gasteiger partial charge in [-0.25, -0.2) is 4.79 Å². The number of halogens is 1. The highest BCUT2D eigenvalue weighted by molar-refractivity contribution is 5.68. The Bertz CT molecular complexity index is 215. The third-order valence-corrected chi connectivity index (χ3v) is 1.80. The molecule has 0 aromatic carbocycles. The van der Waals surface area contributed by atoms with E-state index in [1.54, 1.807) is 27.7 Å². The van der Waals surface area contributed by atoms with Crippen LogP contribution in [0.25, 0.3) is 0 Å². The van der Waals surface area contributed by atoms with Gasteiger partial charge in [0.25, 0.3) is 0 Å². The lowest BCUT2D eigenvalue weighted by Gasteiger charge is -2.29. The molecule has 0 saturated heterocycles. The van der Waals surface area contributed by atoms with Crippen LogP contribution in [0, 0.1) is 0 Å². The van der Waals surface area contributed by atoms with Crippen LogP contribution in [-0.4, -0.2) is 35.6 Å². The highest BCUT2D eigenvalue weighted by Gasteiger charge is 2.27. The largest absolute Gasteiger partial charge is 0.444 e. The fourth-order valence-electron chi connectivity index (χ4n) is 0.940. The van der Waals surface area contributed by atoms with Crippen LogP contribution in [0.15, 0.2) is 0 Å². The third kappa shape index (κ3) is 6.28. The summed E-state index contributed by atoms with van der Waals surface area (Å²) in [6, 6.07) is 0. The van der Waals surface area contributed by atoms with Crippen LogP contribution >= 0.6 is 0 Å². The fourth-order valence-corrected chi connectivity index (χ4v) is 0.940. The Balaban J connectivity index is 4.24. The average Bonchev–Trinajstić information content (AvgIpc) is 2.00. The molecule has 1 atom stereocenters. The Morgan fingerprint density at radius 2 is 1.93 bits per heavy atom. The van der Waals surface area contributed by atoms with Crippen LogP contribution in [0.3, 0.4) is 0 Å². The quantitative estimate of drug-likeness (QED) is 0.758. The summed E-state index contributed by atoms with van der Waals surface area (Å²) in [6.07, 6.45) is -0.588. The number of aliphatic hydroxyl groups is 1. The smallest absolute Gasteiger partial charge is 0.408 e. The topological polar surface area (TPSA) is 58.6 Å². The molecule has 0 aromatic heterocycles. The van der Waals surface area contributed by atoms with Gasteiger partial charge in [0.2, 0.25) is 0 Å². The number of nitrogens with one attached hydrogen (secondary N) is 1. The van der Waals surface area contributed by atoms with Crippen LogP contribution < -0.4 is 5.32 Å². The van der Waals surface area contributed by atoms with Gasteiger partial charge in [0.05, 0.1) is 18.8 Å². The molecule has 15 heavy (non-hydrogen) atoms. The standard InChI is InChI=1S/C10H20FNO3/c1-9(2,3)15-8(14)12-10(4,7-13)5-6-11/h13H,5-7H2,1-4H3,(H,12,14). The summed E-state index contributed by atoms with van der Waals surface area (Å²) in [4.78, 5) is 11.3. The molecule has 4 nitrogen and oxygen atoms in total. The van der Waals surface area contributed by atoms with E-state index in [0.717, 1.165) is 0 Å². The van der Waals surface area contributed by atoms with E-state index in [1.165, 1.54) is 0 Å². The van der Waals surface area contributed by atoms with Gasteiger partial charge in [-0.2, -0.15) is 0 Å².